The Kier molecular flexibility index (Phi) is 5.64. The molecule has 3 atom stereocenters. The molecule has 4 heteroatoms. The average Bonchev–Trinajstić information content (AvgIpc) is 2.40. The number of benzene rings is 1. The Morgan fingerprint density at radius 2 is 2.21 bits per heavy atom. The SMILES string of the molecule is CC(CC1COCCN1)NC(C)c1ccccc1Cl. The van der Waals surface area contributed by atoms with E-state index in [1.807, 2.05) is 18.2 Å². The maximum atomic E-state index is 6.22. The second kappa shape index (κ2) is 7.25. The third-order valence-electron chi connectivity index (χ3n) is 3.54. The lowest BCUT2D eigenvalue weighted by atomic mass is 10.0. The summed E-state index contributed by atoms with van der Waals surface area (Å²) in [7, 11) is 0. The van der Waals surface area contributed by atoms with Gasteiger partial charge in [-0.2, -0.15) is 0 Å². The Morgan fingerprint density at radius 1 is 1.42 bits per heavy atom. The molecule has 0 bridgehead atoms. The molecule has 0 saturated carbocycles. The van der Waals surface area contributed by atoms with Crippen molar-refractivity contribution in [3.8, 4) is 0 Å². The summed E-state index contributed by atoms with van der Waals surface area (Å²) >= 11 is 6.22. The zero-order valence-corrected chi connectivity index (χ0v) is 12.4. The first kappa shape index (κ1) is 14.8. The number of hydrogen-bond acceptors (Lipinski definition) is 3. The molecule has 1 fully saturated rings. The van der Waals surface area contributed by atoms with Gasteiger partial charge in [-0.05, 0) is 31.9 Å². The zero-order chi connectivity index (χ0) is 13.7. The van der Waals surface area contributed by atoms with E-state index in [4.69, 9.17) is 16.3 Å². The van der Waals surface area contributed by atoms with Gasteiger partial charge in [-0.3, -0.25) is 0 Å². The van der Waals surface area contributed by atoms with E-state index in [9.17, 15) is 0 Å². The lowest BCUT2D eigenvalue weighted by Crippen LogP contribution is -2.45. The summed E-state index contributed by atoms with van der Waals surface area (Å²) in [5, 5.41) is 7.92. The first-order valence-corrected chi connectivity index (χ1v) is 7.36. The highest BCUT2D eigenvalue weighted by Crippen LogP contribution is 2.22. The van der Waals surface area contributed by atoms with Crippen LogP contribution >= 0.6 is 11.6 Å². The molecule has 3 nitrogen and oxygen atoms in total. The topological polar surface area (TPSA) is 33.3 Å². The number of ether oxygens (including phenoxy) is 1. The second-order valence-electron chi connectivity index (χ2n) is 5.27. The van der Waals surface area contributed by atoms with E-state index < -0.39 is 0 Å². The minimum absolute atomic E-state index is 0.258. The molecule has 3 unspecified atom stereocenters. The Hall–Kier alpha value is -0.610. The number of halogens is 1. The fraction of sp³-hybridized carbons (Fsp3) is 0.600. The Morgan fingerprint density at radius 3 is 2.89 bits per heavy atom. The fourth-order valence-electron chi connectivity index (χ4n) is 2.61. The molecule has 1 aliphatic heterocycles. The predicted molar refractivity (Wildman–Crippen MR) is 79.7 cm³/mol. The summed E-state index contributed by atoms with van der Waals surface area (Å²) in [5.74, 6) is 0. The molecule has 1 heterocycles. The Labute approximate surface area is 120 Å². The van der Waals surface area contributed by atoms with Gasteiger partial charge in [0.2, 0.25) is 0 Å². The second-order valence-corrected chi connectivity index (χ2v) is 5.68. The van der Waals surface area contributed by atoms with Gasteiger partial charge in [0.05, 0.1) is 13.2 Å². The van der Waals surface area contributed by atoms with E-state index in [1.54, 1.807) is 0 Å². The predicted octanol–water partition coefficient (Wildman–Crippen LogP) is 2.76. The minimum Gasteiger partial charge on any atom is -0.379 e. The number of rotatable bonds is 5. The molecule has 0 amide bonds. The van der Waals surface area contributed by atoms with Crippen LogP contribution in [-0.2, 0) is 4.74 Å². The van der Waals surface area contributed by atoms with Crippen LogP contribution in [0.1, 0.15) is 31.9 Å². The largest absolute Gasteiger partial charge is 0.379 e. The van der Waals surface area contributed by atoms with Gasteiger partial charge in [-0.1, -0.05) is 29.8 Å². The summed E-state index contributed by atoms with van der Waals surface area (Å²) in [6.07, 6.45) is 1.06. The van der Waals surface area contributed by atoms with Gasteiger partial charge < -0.3 is 15.4 Å². The summed E-state index contributed by atoms with van der Waals surface area (Å²) in [5.41, 5.74) is 1.16. The van der Waals surface area contributed by atoms with Crippen molar-refractivity contribution in [3.05, 3.63) is 34.9 Å². The van der Waals surface area contributed by atoms with Gasteiger partial charge in [0.15, 0.2) is 0 Å². The van der Waals surface area contributed by atoms with Crippen molar-refractivity contribution in [1.82, 2.24) is 10.6 Å². The molecule has 1 aromatic rings. The third-order valence-corrected chi connectivity index (χ3v) is 3.89. The van der Waals surface area contributed by atoms with Crippen LogP contribution in [0.2, 0.25) is 5.02 Å². The van der Waals surface area contributed by atoms with E-state index in [0.717, 1.165) is 36.8 Å². The molecule has 19 heavy (non-hydrogen) atoms. The molecule has 106 valence electrons. The lowest BCUT2D eigenvalue weighted by Gasteiger charge is -2.28. The quantitative estimate of drug-likeness (QED) is 0.871. The molecule has 2 N–H and O–H groups in total. The third kappa shape index (κ3) is 4.46. The number of morpholine rings is 1. The monoisotopic (exact) mass is 282 g/mol. The highest BCUT2D eigenvalue weighted by Gasteiger charge is 2.18. The Bertz CT molecular complexity index is 393. The molecular weight excluding hydrogens is 260 g/mol. The first-order chi connectivity index (χ1) is 9.16. The molecule has 2 rings (SSSR count). The van der Waals surface area contributed by atoms with Crippen molar-refractivity contribution in [3.63, 3.8) is 0 Å². The number of hydrogen-bond donors (Lipinski definition) is 2. The van der Waals surface area contributed by atoms with E-state index in [2.05, 4.69) is 30.5 Å². The molecule has 0 aromatic heterocycles. The molecular formula is C15H23ClN2O. The van der Waals surface area contributed by atoms with E-state index in [0.29, 0.717) is 12.1 Å². The van der Waals surface area contributed by atoms with Crippen LogP contribution in [0.3, 0.4) is 0 Å². The maximum absolute atomic E-state index is 6.22. The van der Waals surface area contributed by atoms with Gasteiger partial charge >= 0.3 is 0 Å². The lowest BCUT2D eigenvalue weighted by molar-refractivity contribution is 0.0708. The van der Waals surface area contributed by atoms with Crippen molar-refractivity contribution >= 4 is 11.6 Å². The summed E-state index contributed by atoms with van der Waals surface area (Å²) in [6, 6.07) is 9.14. The van der Waals surface area contributed by atoms with Crippen LogP contribution in [0.15, 0.2) is 24.3 Å². The smallest absolute Gasteiger partial charge is 0.0620 e. The normalized spacial score (nSPS) is 23.0. The van der Waals surface area contributed by atoms with Crippen LogP contribution in [0.25, 0.3) is 0 Å². The number of nitrogens with one attached hydrogen (secondary N) is 2. The molecule has 0 radical (unpaired) electrons. The van der Waals surface area contributed by atoms with Gasteiger partial charge in [-0.25, -0.2) is 0 Å². The molecule has 1 aromatic carbocycles. The summed E-state index contributed by atoms with van der Waals surface area (Å²) in [4.78, 5) is 0. The maximum Gasteiger partial charge on any atom is 0.0620 e. The first-order valence-electron chi connectivity index (χ1n) is 6.98. The standard InChI is InChI=1S/C15H23ClN2O/c1-11(9-13-10-19-8-7-17-13)18-12(2)14-5-3-4-6-15(14)16/h3-6,11-13,17-18H,7-10H2,1-2H3. The van der Waals surface area contributed by atoms with Gasteiger partial charge in [0, 0.05) is 29.7 Å². The average molecular weight is 283 g/mol. The van der Waals surface area contributed by atoms with Crippen molar-refractivity contribution in [2.75, 3.05) is 19.8 Å². The van der Waals surface area contributed by atoms with Crippen LogP contribution in [0.4, 0.5) is 0 Å². The van der Waals surface area contributed by atoms with Crippen molar-refractivity contribution in [2.24, 2.45) is 0 Å². The van der Waals surface area contributed by atoms with Crippen molar-refractivity contribution in [1.29, 1.82) is 0 Å². The minimum atomic E-state index is 0.258. The van der Waals surface area contributed by atoms with Gasteiger partial charge in [0.1, 0.15) is 0 Å². The van der Waals surface area contributed by atoms with E-state index >= 15 is 0 Å². The van der Waals surface area contributed by atoms with Gasteiger partial charge in [0.25, 0.3) is 0 Å². The summed E-state index contributed by atoms with van der Waals surface area (Å²) in [6.45, 7) is 6.96. The summed E-state index contributed by atoms with van der Waals surface area (Å²) < 4.78 is 5.48. The Balaban J connectivity index is 1.84. The van der Waals surface area contributed by atoms with Crippen molar-refractivity contribution in [2.45, 2.75) is 38.4 Å². The van der Waals surface area contributed by atoms with Gasteiger partial charge in [-0.15, -0.1) is 0 Å². The molecule has 1 saturated heterocycles. The van der Waals surface area contributed by atoms with E-state index in [1.165, 1.54) is 0 Å². The molecule has 0 aliphatic carbocycles. The molecule has 1 aliphatic rings. The highest BCUT2D eigenvalue weighted by atomic mass is 35.5. The highest BCUT2D eigenvalue weighted by molar-refractivity contribution is 6.31. The fourth-order valence-corrected chi connectivity index (χ4v) is 2.91. The molecule has 0 spiro atoms. The van der Waals surface area contributed by atoms with Crippen LogP contribution in [0, 0.1) is 0 Å². The van der Waals surface area contributed by atoms with Crippen LogP contribution in [-0.4, -0.2) is 31.8 Å². The van der Waals surface area contributed by atoms with E-state index in [-0.39, 0.29) is 6.04 Å². The van der Waals surface area contributed by atoms with Crippen molar-refractivity contribution < 1.29 is 4.74 Å². The van der Waals surface area contributed by atoms with Crippen LogP contribution in [0.5, 0.6) is 0 Å². The van der Waals surface area contributed by atoms with Crippen LogP contribution < -0.4 is 10.6 Å². The zero-order valence-electron chi connectivity index (χ0n) is 11.7.